The molecule has 0 saturated heterocycles. The molecule has 0 aliphatic rings. The fourth-order valence-corrected chi connectivity index (χ4v) is 1.58. The molecule has 0 bridgehead atoms. The summed E-state index contributed by atoms with van der Waals surface area (Å²) in [6.07, 6.45) is 0. The number of ether oxygens (including phenoxy) is 1. The Morgan fingerprint density at radius 1 is 1.53 bits per heavy atom. The Balaban J connectivity index is 2.86. The first-order valence-corrected chi connectivity index (χ1v) is 5.54. The van der Waals surface area contributed by atoms with Gasteiger partial charge in [-0.1, -0.05) is 0 Å². The van der Waals surface area contributed by atoms with Gasteiger partial charge < -0.3 is 4.74 Å². The molecular formula is C10H13NO3S. The van der Waals surface area contributed by atoms with E-state index in [2.05, 4.69) is 4.98 Å². The largest absolute Gasteiger partial charge is 0.465 e. The van der Waals surface area contributed by atoms with Gasteiger partial charge in [0.2, 0.25) is 0 Å². The summed E-state index contributed by atoms with van der Waals surface area (Å²) in [5, 5.41) is 1.63. The normalized spacial score (nSPS) is 11.1. The smallest absolute Gasteiger partial charge is 0.319 e. The number of thiazole rings is 1. The van der Waals surface area contributed by atoms with E-state index in [0.29, 0.717) is 5.69 Å². The van der Waals surface area contributed by atoms with Crippen molar-refractivity contribution < 1.29 is 14.3 Å². The lowest BCUT2D eigenvalue weighted by atomic mass is 9.87. The van der Waals surface area contributed by atoms with E-state index in [1.54, 1.807) is 31.7 Å². The minimum atomic E-state index is -1.16. The average Bonchev–Trinajstić information content (AvgIpc) is 2.69. The monoisotopic (exact) mass is 227 g/mol. The molecule has 0 aliphatic heterocycles. The number of ketones is 1. The van der Waals surface area contributed by atoms with E-state index in [1.165, 1.54) is 11.3 Å². The van der Waals surface area contributed by atoms with Gasteiger partial charge >= 0.3 is 5.97 Å². The van der Waals surface area contributed by atoms with Gasteiger partial charge in [-0.05, 0) is 20.8 Å². The van der Waals surface area contributed by atoms with Crippen molar-refractivity contribution >= 4 is 23.1 Å². The van der Waals surface area contributed by atoms with Crippen LogP contribution in [0.15, 0.2) is 10.9 Å². The maximum atomic E-state index is 11.9. The molecule has 0 spiro atoms. The number of hydrogen-bond acceptors (Lipinski definition) is 5. The number of aromatic nitrogens is 1. The first kappa shape index (κ1) is 11.8. The second kappa shape index (κ2) is 4.53. The molecule has 0 N–H and O–H groups in total. The van der Waals surface area contributed by atoms with Gasteiger partial charge in [0.1, 0.15) is 11.1 Å². The van der Waals surface area contributed by atoms with Crippen LogP contribution in [0, 0.1) is 5.41 Å². The summed E-state index contributed by atoms with van der Waals surface area (Å²) < 4.78 is 4.84. The van der Waals surface area contributed by atoms with Crippen molar-refractivity contribution in [3.63, 3.8) is 0 Å². The molecule has 4 nitrogen and oxygen atoms in total. The van der Waals surface area contributed by atoms with Crippen molar-refractivity contribution in [1.29, 1.82) is 0 Å². The minimum absolute atomic E-state index is 0.270. The highest BCUT2D eigenvalue weighted by Crippen LogP contribution is 2.23. The van der Waals surface area contributed by atoms with Gasteiger partial charge in [-0.3, -0.25) is 9.59 Å². The zero-order chi connectivity index (χ0) is 11.5. The molecule has 1 rings (SSSR count). The predicted molar refractivity (Wildman–Crippen MR) is 56.9 cm³/mol. The Morgan fingerprint density at radius 3 is 2.67 bits per heavy atom. The van der Waals surface area contributed by atoms with E-state index >= 15 is 0 Å². The molecule has 5 heteroatoms. The fraction of sp³-hybridized carbons (Fsp3) is 0.500. The van der Waals surface area contributed by atoms with E-state index in [4.69, 9.17) is 4.74 Å². The van der Waals surface area contributed by atoms with E-state index in [0.717, 1.165) is 0 Å². The molecule has 0 atom stereocenters. The van der Waals surface area contributed by atoms with E-state index in [1.807, 2.05) is 0 Å². The Kier molecular flexibility index (Phi) is 3.57. The summed E-state index contributed by atoms with van der Waals surface area (Å²) in [6.45, 7) is 5.08. The molecule has 0 aliphatic carbocycles. The van der Waals surface area contributed by atoms with Crippen LogP contribution in [0.1, 0.15) is 31.3 Å². The van der Waals surface area contributed by atoms with Crippen LogP contribution in [-0.4, -0.2) is 23.3 Å². The Hall–Kier alpha value is -1.23. The summed E-state index contributed by atoms with van der Waals surface area (Å²) >= 11 is 1.33. The van der Waals surface area contributed by atoms with Crippen LogP contribution >= 0.6 is 11.3 Å². The zero-order valence-electron chi connectivity index (χ0n) is 8.94. The van der Waals surface area contributed by atoms with E-state index < -0.39 is 11.4 Å². The number of hydrogen-bond donors (Lipinski definition) is 0. The predicted octanol–water partition coefficient (Wildman–Crippen LogP) is 1.92. The maximum Gasteiger partial charge on any atom is 0.319 e. The third-order valence-corrected chi connectivity index (χ3v) is 2.60. The standard InChI is InChI=1S/C10H13NO3S/c1-4-14-9(13)10(2,3)8(12)7-5-15-6-11-7/h5-6H,4H2,1-3H3. The van der Waals surface area contributed by atoms with Crippen LogP contribution in [0.25, 0.3) is 0 Å². The van der Waals surface area contributed by atoms with Gasteiger partial charge in [-0.2, -0.15) is 0 Å². The lowest BCUT2D eigenvalue weighted by Gasteiger charge is -2.19. The third kappa shape index (κ3) is 2.41. The van der Waals surface area contributed by atoms with Crippen LogP contribution in [0.3, 0.4) is 0 Å². The molecule has 0 saturated carbocycles. The molecule has 0 fully saturated rings. The van der Waals surface area contributed by atoms with E-state index in [-0.39, 0.29) is 12.4 Å². The second-order valence-corrected chi connectivity index (χ2v) is 4.27. The molecule has 82 valence electrons. The molecule has 0 aromatic carbocycles. The minimum Gasteiger partial charge on any atom is -0.465 e. The first-order valence-electron chi connectivity index (χ1n) is 4.60. The van der Waals surface area contributed by atoms with Crippen LogP contribution in [0.2, 0.25) is 0 Å². The van der Waals surface area contributed by atoms with Gasteiger partial charge in [0.05, 0.1) is 12.1 Å². The molecule has 1 heterocycles. The van der Waals surface area contributed by atoms with Gasteiger partial charge in [0.25, 0.3) is 0 Å². The SMILES string of the molecule is CCOC(=O)C(C)(C)C(=O)c1cscn1. The molecule has 1 aromatic heterocycles. The number of carbonyl (C=O) groups is 2. The summed E-state index contributed by atoms with van der Waals surface area (Å²) in [5.74, 6) is -0.815. The number of rotatable bonds is 4. The Morgan fingerprint density at radius 2 is 2.20 bits per heavy atom. The molecule has 0 amide bonds. The van der Waals surface area contributed by atoms with Crippen molar-refractivity contribution in [3.8, 4) is 0 Å². The first-order chi connectivity index (χ1) is 7.00. The molecule has 1 aromatic rings. The second-order valence-electron chi connectivity index (χ2n) is 3.55. The number of esters is 1. The number of nitrogens with zero attached hydrogens (tertiary/aromatic N) is 1. The van der Waals surface area contributed by atoms with Crippen molar-refractivity contribution in [2.75, 3.05) is 6.61 Å². The molecule has 15 heavy (non-hydrogen) atoms. The lowest BCUT2D eigenvalue weighted by molar-refractivity contribution is -0.150. The average molecular weight is 227 g/mol. The highest BCUT2D eigenvalue weighted by molar-refractivity contribution is 7.07. The number of carbonyl (C=O) groups excluding carboxylic acids is 2. The quantitative estimate of drug-likeness (QED) is 0.448. The van der Waals surface area contributed by atoms with Gasteiger partial charge in [-0.15, -0.1) is 11.3 Å². The summed E-state index contributed by atoms with van der Waals surface area (Å²) in [4.78, 5) is 27.3. The van der Waals surface area contributed by atoms with Crippen LogP contribution < -0.4 is 0 Å². The topological polar surface area (TPSA) is 56.3 Å². The lowest BCUT2D eigenvalue weighted by Crippen LogP contribution is -2.35. The molecule has 0 unspecified atom stereocenters. The zero-order valence-corrected chi connectivity index (χ0v) is 9.76. The van der Waals surface area contributed by atoms with Crippen molar-refractivity contribution in [3.05, 3.63) is 16.6 Å². The Labute approximate surface area is 92.3 Å². The Bertz CT molecular complexity index is 357. The van der Waals surface area contributed by atoms with Crippen LogP contribution in [0.5, 0.6) is 0 Å². The molecular weight excluding hydrogens is 214 g/mol. The summed E-state index contributed by atoms with van der Waals surface area (Å²) in [5.41, 5.74) is 0.719. The van der Waals surface area contributed by atoms with E-state index in [9.17, 15) is 9.59 Å². The van der Waals surface area contributed by atoms with Crippen molar-refractivity contribution in [2.24, 2.45) is 5.41 Å². The van der Waals surface area contributed by atoms with Crippen molar-refractivity contribution in [2.45, 2.75) is 20.8 Å². The molecule has 0 radical (unpaired) electrons. The van der Waals surface area contributed by atoms with Crippen LogP contribution in [0.4, 0.5) is 0 Å². The highest BCUT2D eigenvalue weighted by Gasteiger charge is 2.38. The maximum absolute atomic E-state index is 11.9. The van der Waals surface area contributed by atoms with Crippen molar-refractivity contribution in [1.82, 2.24) is 4.98 Å². The van der Waals surface area contributed by atoms with Gasteiger partial charge in [0, 0.05) is 5.38 Å². The summed E-state index contributed by atoms with van der Waals surface area (Å²) in [6, 6.07) is 0. The van der Waals surface area contributed by atoms with Gasteiger partial charge in [-0.25, -0.2) is 4.98 Å². The number of Topliss-reactive ketones (excluding diaryl/α,β-unsaturated/α-hetero) is 1. The highest BCUT2D eigenvalue weighted by atomic mass is 32.1. The fourth-order valence-electron chi connectivity index (χ4n) is 1.05. The van der Waals surface area contributed by atoms with Crippen LogP contribution in [-0.2, 0) is 9.53 Å². The van der Waals surface area contributed by atoms with Gasteiger partial charge in [0.15, 0.2) is 5.78 Å². The summed E-state index contributed by atoms with van der Waals surface area (Å²) in [7, 11) is 0. The third-order valence-electron chi connectivity index (χ3n) is 2.02.